The quantitative estimate of drug-likeness (QED) is 0.289. The minimum absolute atomic E-state index is 0.0135. The molecule has 0 bridgehead atoms. The van der Waals surface area contributed by atoms with Crippen LogP contribution in [0.1, 0.15) is 34.0 Å². The van der Waals surface area contributed by atoms with Crippen molar-refractivity contribution in [2.75, 3.05) is 0 Å². The largest absolute Gasteiger partial charge is 0.416 e. The van der Waals surface area contributed by atoms with Crippen LogP contribution in [0.3, 0.4) is 0 Å². The normalized spacial score (nSPS) is 11.5. The van der Waals surface area contributed by atoms with E-state index in [1.165, 1.54) is 6.07 Å². The molecule has 176 valence electrons. The first-order valence-corrected chi connectivity index (χ1v) is 12.3. The van der Waals surface area contributed by atoms with Crippen LogP contribution in [-0.2, 0) is 25.0 Å². The lowest BCUT2D eigenvalue weighted by atomic mass is 10.1. The van der Waals surface area contributed by atoms with Crippen molar-refractivity contribution in [2.45, 2.75) is 37.1 Å². The molecule has 1 N–H and O–H groups in total. The Labute approximate surface area is 203 Å². The van der Waals surface area contributed by atoms with Crippen LogP contribution in [0.25, 0.3) is 10.7 Å². The van der Waals surface area contributed by atoms with Gasteiger partial charge in [-0.1, -0.05) is 42.1 Å². The average Bonchev–Trinajstić information content (AvgIpc) is 3.50. The summed E-state index contributed by atoms with van der Waals surface area (Å²) in [5, 5.41) is 14.2. The summed E-state index contributed by atoms with van der Waals surface area (Å²) in [7, 11) is 0. The molecule has 0 unspecified atom stereocenters. The summed E-state index contributed by atoms with van der Waals surface area (Å²) in [6.07, 6.45) is -4.41. The maximum Gasteiger partial charge on any atom is 0.416 e. The van der Waals surface area contributed by atoms with Crippen LogP contribution in [0.2, 0.25) is 0 Å². The Morgan fingerprint density at radius 2 is 1.85 bits per heavy atom. The molecule has 10 heteroatoms. The fourth-order valence-corrected chi connectivity index (χ4v) is 4.99. The summed E-state index contributed by atoms with van der Waals surface area (Å²) in [6.45, 7) is 2.82. The van der Waals surface area contributed by atoms with Crippen LogP contribution in [0.15, 0.2) is 71.2 Å². The van der Waals surface area contributed by atoms with Crippen LogP contribution >= 0.6 is 23.1 Å². The van der Waals surface area contributed by atoms with Gasteiger partial charge in [0.1, 0.15) is 0 Å². The number of thiophene rings is 1. The topological polar surface area (TPSA) is 59.8 Å². The third kappa shape index (κ3) is 5.68. The minimum Gasteiger partial charge on any atom is -0.348 e. The van der Waals surface area contributed by atoms with E-state index in [9.17, 15) is 18.0 Å². The molecule has 2 aromatic carbocycles. The Balaban J connectivity index is 1.34. The summed E-state index contributed by atoms with van der Waals surface area (Å²) in [4.78, 5) is 13.5. The number of hydrogen-bond acceptors (Lipinski definition) is 5. The lowest BCUT2D eigenvalue weighted by Gasteiger charge is -2.10. The fraction of sp³-hybridized carbons (Fsp3) is 0.208. The predicted octanol–water partition coefficient (Wildman–Crippen LogP) is 6.27. The van der Waals surface area contributed by atoms with Gasteiger partial charge < -0.3 is 9.88 Å². The molecule has 4 rings (SSSR count). The van der Waals surface area contributed by atoms with Crippen molar-refractivity contribution in [3.05, 3.63) is 88.3 Å². The van der Waals surface area contributed by atoms with E-state index in [0.717, 1.165) is 40.1 Å². The predicted molar refractivity (Wildman–Crippen MR) is 128 cm³/mol. The summed E-state index contributed by atoms with van der Waals surface area (Å²) < 4.78 is 40.6. The number of amides is 1. The smallest absolute Gasteiger partial charge is 0.348 e. The van der Waals surface area contributed by atoms with Crippen molar-refractivity contribution >= 4 is 29.0 Å². The standard InChI is InChI=1S/C24H21F3N4OS2/c1-2-31-21(20-7-4-12-33-20)29-30-23(31)34-15-16-8-10-18(11-9-16)22(32)28-14-17-5-3-6-19(13-17)24(25,26)27/h3-13H,2,14-15H2,1H3,(H,28,32). The van der Waals surface area contributed by atoms with Gasteiger partial charge in [0.25, 0.3) is 5.91 Å². The van der Waals surface area contributed by atoms with Crippen LogP contribution in [0.4, 0.5) is 13.2 Å². The Kier molecular flexibility index (Phi) is 7.38. The van der Waals surface area contributed by atoms with Gasteiger partial charge in [-0.2, -0.15) is 13.2 Å². The minimum atomic E-state index is -4.41. The van der Waals surface area contributed by atoms with E-state index in [4.69, 9.17) is 0 Å². The molecule has 0 aliphatic rings. The fourth-order valence-electron chi connectivity index (χ4n) is 3.31. The highest BCUT2D eigenvalue weighted by Crippen LogP contribution is 2.30. The van der Waals surface area contributed by atoms with Crippen molar-refractivity contribution in [1.29, 1.82) is 0 Å². The van der Waals surface area contributed by atoms with Crippen LogP contribution in [0.5, 0.6) is 0 Å². The number of nitrogens with zero attached hydrogens (tertiary/aromatic N) is 3. The molecule has 0 saturated heterocycles. The molecular formula is C24H21F3N4OS2. The number of nitrogens with one attached hydrogen (secondary N) is 1. The molecule has 2 heterocycles. The summed E-state index contributed by atoms with van der Waals surface area (Å²) in [5.41, 5.74) is 1.11. The second-order valence-corrected chi connectivity index (χ2v) is 9.28. The molecule has 34 heavy (non-hydrogen) atoms. The number of halogens is 3. The van der Waals surface area contributed by atoms with Crippen molar-refractivity contribution in [1.82, 2.24) is 20.1 Å². The number of hydrogen-bond donors (Lipinski definition) is 1. The van der Waals surface area contributed by atoms with Crippen molar-refractivity contribution < 1.29 is 18.0 Å². The van der Waals surface area contributed by atoms with Gasteiger partial charge in [0.15, 0.2) is 11.0 Å². The van der Waals surface area contributed by atoms with Gasteiger partial charge in [0.2, 0.25) is 0 Å². The zero-order chi connectivity index (χ0) is 24.1. The van der Waals surface area contributed by atoms with E-state index in [0.29, 0.717) is 16.9 Å². The molecular weight excluding hydrogens is 481 g/mol. The van der Waals surface area contributed by atoms with Crippen LogP contribution < -0.4 is 5.32 Å². The average molecular weight is 503 g/mol. The van der Waals surface area contributed by atoms with Gasteiger partial charge in [-0.05, 0) is 53.8 Å². The number of alkyl halides is 3. The third-order valence-corrected chi connectivity index (χ3v) is 6.97. The monoisotopic (exact) mass is 502 g/mol. The van der Waals surface area contributed by atoms with Gasteiger partial charge in [-0.25, -0.2) is 0 Å². The zero-order valence-corrected chi connectivity index (χ0v) is 19.8. The van der Waals surface area contributed by atoms with Crippen LogP contribution in [0, 0.1) is 0 Å². The third-order valence-electron chi connectivity index (χ3n) is 5.07. The first kappa shape index (κ1) is 24.0. The Morgan fingerprint density at radius 1 is 1.06 bits per heavy atom. The van der Waals surface area contributed by atoms with Gasteiger partial charge in [0, 0.05) is 24.4 Å². The van der Waals surface area contributed by atoms with Gasteiger partial charge in [0.05, 0.1) is 10.4 Å². The molecule has 0 aliphatic carbocycles. The van der Waals surface area contributed by atoms with E-state index in [-0.39, 0.29) is 12.5 Å². The molecule has 5 nitrogen and oxygen atoms in total. The molecule has 0 fully saturated rings. The number of thioether (sulfide) groups is 1. The first-order valence-electron chi connectivity index (χ1n) is 10.5. The summed E-state index contributed by atoms with van der Waals surface area (Å²) in [6, 6.07) is 16.1. The lowest BCUT2D eigenvalue weighted by Crippen LogP contribution is -2.23. The number of carbonyl (C=O) groups is 1. The van der Waals surface area contributed by atoms with E-state index < -0.39 is 11.7 Å². The van der Waals surface area contributed by atoms with Crippen molar-refractivity contribution in [3.8, 4) is 10.7 Å². The highest BCUT2D eigenvalue weighted by Gasteiger charge is 2.30. The molecule has 2 aromatic heterocycles. The number of rotatable bonds is 8. The van der Waals surface area contributed by atoms with E-state index in [1.807, 2.05) is 29.6 Å². The second kappa shape index (κ2) is 10.4. The maximum atomic E-state index is 12.9. The van der Waals surface area contributed by atoms with E-state index in [2.05, 4.69) is 27.0 Å². The van der Waals surface area contributed by atoms with Gasteiger partial charge in [-0.15, -0.1) is 21.5 Å². The first-order chi connectivity index (χ1) is 16.3. The van der Waals surface area contributed by atoms with E-state index >= 15 is 0 Å². The number of carbonyl (C=O) groups excluding carboxylic acids is 1. The lowest BCUT2D eigenvalue weighted by molar-refractivity contribution is -0.137. The van der Waals surface area contributed by atoms with Crippen molar-refractivity contribution in [3.63, 3.8) is 0 Å². The number of benzene rings is 2. The Morgan fingerprint density at radius 3 is 2.53 bits per heavy atom. The molecule has 0 spiro atoms. The molecule has 0 radical (unpaired) electrons. The maximum absolute atomic E-state index is 12.9. The van der Waals surface area contributed by atoms with Crippen LogP contribution in [-0.4, -0.2) is 20.7 Å². The second-order valence-electron chi connectivity index (χ2n) is 7.39. The molecule has 1 amide bonds. The highest BCUT2D eigenvalue weighted by molar-refractivity contribution is 7.98. The summed E-state index contributed by atoms with van der Waals surface area (Å²) >= 11 is 3.19. The zero-order valence-electron chi connectivity index (χ0n) is 18.2. The molecule has 0 atom stereocenters. The number of aromatic nitrogens is 3. The highest BCUT2D eigenvalue weighted by atomic mass is 32.2. The Bertz CT molecular complexity index is 1250. The Hall–Kier alpha value is -3.11. The molecule has 4 aromatic rings. The SMILES string of the molecule is CCn1c(SCc2ccc(C(=O)NCc3cccc(C(F)(F)F)c3)cc2)nnc1-c1cccs1. The van der Waals surface area contributed by atoms with Gasteiger partial charge in [-0.3, -0.25) is 4.79 Å². The molecule has 0 saturated carbocycles. The molecule has 0 aliphatic heterocycles. The summed E-state index contributed by atoms with van der Waals surface area (Å²) in [5.74, 6) is 1.17. The van der Waals surface area contributed by atoms with E-state index in [1.54, 1.807) is 41.3 Å². The van der Waals surface area contributed by atoms with Crippen molar-refractivity contribution in [2.24, 2.45) is 0 Å². The van der Waals surface area contributed by atoms with Gasteiger partial charge >= 0.3 is 6.18 Å².